The Morgan fingerprint density at radius 2 is 2.00 bits per heavy atom. The highest BCUT2D eigenvalue weighted by molar-refractivity contribution is 14.0. The summed E-state index contributed by atoms with van der Waals surface area (Å²) in [4.78, 5) is 4.26. The fourth-order valence-electron chi connectivity index (χ4n) is 3.01. The van der Waals surface area contributed by atoms with E-state index in [2.05, 4.69) is 33.7 Å². The third-order valence-electron chi connectivity index (χ3n) is 4.28. The number of hydrogen-bond donors (Lipinski definition) is 2. The third-order valence-corrected chi connectivity index (χ3v) is 4.56. The highest BCUT2D eigenvalue weighted by Gasteiger charge is 2.16. The number of fused-ring (bicyclic) bond motifs is 1. The number of benzene rings is 1. The molecule has 0 radical (unpaired) electrons. The Labute approximate surface area is 187 Å². The van der Waals surface area contributed by atoms with Crippen molar-refractivity contribution in [1.82, 2.24) is 20.4 Å². The van der Waals surface area contributed by atoms with Crippen molar-refractivity contribution in [2.45, 2.75) is 33.4 Å². The second kappa shape index (κ2) is 10.8. The van der Waals surface area contributed by atoms with Gasteiger partial charge in [-0.2, -0.15) is 5.10 Å². The maximum atomic E-state index is 6.28. The molecule has 0 spiro atoms. The van der Waals surface area contributed by atoms with Gasteiger partial charge in [0.2, 0.25) is 0 Å². The average Bonchev–Trinajstić information content (AvgIpc) is 2.98. The molecule has 1 aliphatic heterocycles. The van der Waals surface area contributed by atoms with Gasteiger partial charge in [0.05, 0.1) is 10.7 Å². The number of aryl methyl sites for hydroxylation is 3. The van der Waals surface area contributed by atoms with Crippen LogP contribution in [0.1, 0.15) is 23.4 Å². The van der Waals surface area contributed by atoms with Gasteiger partial charge in [-0.3, -0.25) is 9.67 Å². The number of aromatic nitrogens is 2. The molecule has 28 heavy (non-hydrogen) atoms. The fourth-order valence-corrected chi connectivity index (χ4v) is 3.30. The Bertz CT molecular complexity index is 825. The second-order valence-corrected chi connectivity index (χ2v) is 6.87. The smallest absolute Gasteiger partial charge is 0.191 e. The van der Waals surface area contributed by atoms with E-state index >= 15 is 0 Å². The normalized spacial score (nSPS) is 13.1. The third kappa shape index (κ3) is 5.91. The van der Waals surface area contributed by atoms with E-state index in [1.807, 2.05) is 23.7 Å². The first-order chi connectivity index (χ1) is 13.1. The molecule has 154 valence electrons. The Morgan fingerprint density at radius 3 is 2.71 bits per heavy atom. The molecule has 0 unspecified atom stereocenters. The molecule has 2 aromatic rings. The maximum absolute atomic E-state index is 6.28. The van der Waals surface area contributed by atoms with E-state index in [1.54, 1.807) is 7.05 Å². The van der Waals surface area contributed by atoms with Gasteiger partial charge in [0, 0.05) is 32.4 Å². The van der Waals surface area contributed by atoms with Gasteiger partial charge in [0.15, 0.2) is 17.5 Å². The molecule has 0 saturated heterocycles. The summed E-state index contributed by atoms with van der Waals surface area (Å²) in [6.07, 6.45) is 0.957. The number of nitrogens with zero attached hydrogens (tertiary/aromatic N) is 3. The van der Waals surface area contributed by atoms with Gasteiger partial charge in [0.25, 0.3) is 0 Å². The van der Waals surface area contributed by atoms with Crippen LogP contribution in [0.15, 0.2) is 23.2 Å². The summed E-state index contributed by atoms with van der Waals surface area (Å²) in [7, 11) is 1.76. The summed E-state index contributed by atoms with van der Waals surface area (Å²) in [5, 5.41) is 11.7. The number of guanidine groups is 1. The summed E-state index contributed by atoms with van der Waals surface area (Å²) in [5.74, 6) is 2.06. The molecular formula is C19H27ClIN5O2. The number of aliphatic imine (C=N–C) groups is 1. The lowest BCUT2D eigenvalue weighted by molar-refractivity contribution is 0.171. The van der Waals surface area contributed by atoms with Crippen LogP contribution in [0.3, 0.4) is 0 Å². The Hall–Kier alpha value is -1.68. The van der Waals surface area contributed by atoms with E-state index in [-0.39, 0.29) is 24.0 Å². The zero-order valence-electron chi connectivity index (χ0n) is 16.4. The van der Waals surface area contributed by atoms with Crippen LogP contribution >= 0.6 is 35.6 Å². The van der Waals surface area contributed by atoms with E-state index in [0.717, 1.165) is 36.7 Å². The average molecular weight is 520 g/mol. The van der Waals surface area contributed by atoms with E-state index in [1.165, 1.54) is 5.69 Å². The topological polar surface area (TPSA) is 72.7 Å². The summed E-state index contributed by atoms with van der Waals surface area (Å²) < 4.78 is 13.2. The molecule has 0 amide bonds. The van der Waals surface area contributed by atoms with Crippen molar-refractivity contribution in [1.29, 1.82) is 0 Å². The zero-order chi connectivity index (χ0) is 19.2. The molecule has 7 nitrogen and oxygen atoms in total. The fraction of sp³-hybridized carbons (Fsp3) is 0.474. The van der Waals surface area contributed by atoms with Crippen LogP contribution in [0.25, 0.3) is 0 Å². The molecule has 9 heteroatoms. The van der Waals surface area contributed by atoms with Crippen LogP contribution in [0, 0.1) is 13.8 Å². The summed E-state index contributed by atoms with van der Waals surface area (Å²) in [5.41, 5.74) is 3.25. The van der Waals surface area contributed by atoms with Crippen molar-refractivity contribution >= 4 is 41.5 Å². The first kappa shape index (κ1) is 22.6. The van der Waals surface area contributed by atoms with Gasteiger partial charge in [-0.1, -0.05) is 11.6 Å². The molecule has 3 rings (SSSR count). The molecule has 0 atom stereocenters. The highest BCUT2D eigenvalue weighted by Crippen LogP contribution is 2.38. The van der Waals surface area contributed by atoms with Crippen molar-refractivity contribution < 1.29 is 9.47 Å². The number of halogens is 2. The van der Waals surface area contributed by atoms with Crippen molar-refractivity contribution in [2.75, 3.05) is 26.8 Å². The van der Waals surface area contributed by atoms with E-state index < -0.39 is 0 Å². The predicted octanol–water partition coefficient (Wildman–Crippen LogP) is 3.30. The van der Waals surface area contributed by atoms with Crippen LogP contribution < -0.4 is 20.1 Å². The van der Waals surface area contributed by atoms with Crippen LogP contribution in [0.4, 0.5) is 0 Å². The summed E-state index contributed by atoms with van der Waals surface area (Å²) >= 11 is 6.28. The van der Waals surface area contributed by atoms with Crippen LogP contribution in [-0.4, -0.2) is 42.5 Å². The lowest BCUT2D eigenvalue weighted by atomic mass is 10.2. The molecular weight excluding hydrogens is 493 g/mol. The number of rotatable bonds is 6. The van der Waals surface area contributed by atoms with Crippen molar-refractivity contribution in [3.05, 3.63) is 40.2 Å². The van der Waals surface area contributed by atoms with Gasteiger partial charge in [-0.05, 0) is 44.0 Å². The van der Waals surface area contributed by atoms with Crippen LogP contribution in [-0.2, 0) is 13.1 Å². The zero-order valence-corrected chi connectivity index (χ0v) is 19.5. The highest BCUT2D eigenvalue weighted by atomic mass is 127. The standard InChI is InChI=1S/C19H26ClN5O2.HI/c1-13-9-14(2)25(24-13)6-4-5-22-19(21-3)23-12-15-10-16(20)18-17(11-15)26-7-8-27-18;/h9-11H,4-8,12H2,1-3H3,(H2,21,22,23);1H. The summed E-state index contributed by atoms with van der Waals surface area (Å²) in [6.45, 7) is 7.43. The van der Waals surface area contributed by atoms with Crippen molar-refractivity contribution in [2.24, 2.45) is 4.99 Å². The Balaban J connectivity index is 0.00000280. The second-order valence-electron chi connectivity index (χ2n) is 6.46. The SMILES string of the molecule is CN=C(NCCCn1nc(C)cc1C)NCc1cc(Cl)c2c(c1)OCCO2.I. The molecule has 0 aliphatic carbocycles. The van der Waals surface area contributed by atoms with Gasteiger partial charge in [-0.15, -0.1) is 24.0 Å². The lowest BCUT2D eigenvalue weighted by Crippen LogP contribution is -2.37. The minimum absolute atomic E-state index is 0. The molecule has 2 heterocycles. The number of hydrogen-bond acceptors (Lipinski definition) is 4. The minimum Gasteiger partial charge on any atom is -0.486 e. The minimum atomic E-state index is 0. The number of nitrogens with one attached hydrogen (secondary N) is 2. The molecule has 1 aromatic carbocycles. The van der Waals surface area contributed by atoms with Gasteiger partial charge in [-0.25, -0.2) is 0 Å². The Morgan fingerprint density at radius 1 is 1.21 bits per heavy atom. The van der Waals surface area contributed by atoms with Crippen molar-refractivity contribution in [3.8, 4) is 11.5 Å². The van der Waals surface area contributed by atoms with Gasteiger partial charge in [0.1, 0.15) is 13.2 Å². The monoisotopic (exact) mass is 519 g/mol. The van der Waals surface area contributed by atoms with E-state index in [9.17, 15) is 0 Å². The largest absolute Gasteiger partial charge is 0.486 e. The predicted molar refractivity (Wildman–Crippen MR) is 122 cm³/mol. The lowest BCUT2D eigenvalue weighted by Gasteiger charge is -2.20. The molecule has 2 N–H and O–H groups in total. The van der Waals surface area contributed by atoms with E-state index in [0.29, 0.717) is 36.3 Å². The quantitative estimate of drug-likeness (QED) is 0.265. The van der Waals surface area contributed by atoms with Crippen LogP contribution in [0.2, 0.25) is 5.02 Å². The molecule has 0 saturated carbocycles. The van der Waals surface area contributed by atoms with Gasteiger partial charge < -0.3 is 20.1 Å². The first-order valence-corrected chi connectivity index (χ1v) is 9.48. The molecule has 1 aliphatic rings. The maximum Gasteiger partial charge on any atom is 0.191 e. The number of ether oxygens (including phenoxy) is 2. The molecule has 0 bridgehead atoms. The van der Waals surface area contributed by atoms with Crippen molar-refractivity contribution in [3.63, 3.8) is 0 Å². The Kier molecular flexibility index (Phi) is 8.68. The van der Waals surface area contributed by atoms with Crippen LogP contribution in [0.5, 0.6) is 11.5 Å². The first-order valence-electron chi connectivity index (χ1n) is 9.10. The van der Waals surface area contributed by atoms with Gasteiger partial charge >= 0.3 is 0 Å². The molecule has 0 fully saturated rings. The molecule has 1 aromatic heterocycles. The summed E-state index contributed by atoms with van der Waals surface area (Å²) in [6, 6.07) is 5.92. The van der Waals surface area contributed by atoms with E-state index in [4.69, 9.17) is 21.1 Å².